The Bertz CT molecular complexity index is 940. The average molecular weight is 444 g/mol. The standard InChI is InChI=1S/C21H22BrN3O3/c1-14(15-4-6-17(7-5-15)25-9-8-23-13-25)24-21(26)11-16-10-19(27-2)20(28-3)12-18(16)22/h4-10,12-14H,11H2,1-3H3,(H,24,26)/t14-/m1/s1. The second kappa shape index (κ2) is 8.93. The van der Waals surface area contributed by atoms with Gasteiger partial charge in [-0.05, 0) is 42.3 Å². The minimum Gasteiger partial charge on any atom is -0.493 e. The number of carbonyl (C=O) groups is 1. The molecule has 1 atom stereocenters. The predicted molar refractivity (Wildman–Crippen MR) is 111 cm³/mol. The van der Waals surface area contributed by atoms with E-state index in [0.717, 1.165) is 21.3 Å². The maximum atomic E-state index is 12.5. The molecule has 0 spiro atoms. The van der Waals surface area contributed by atoms with Crippen molar-refractivity contribution in [3.63, 3.8) is 0 Å². The highest BCUT2D eigenvalue weighted by Crippen LogP contribution is 2.33. The van der Waals surface area contributed by atoms with Gasteiger partial charge < -0.3 is 19.4 Å². The SMILES string of the molecule is COc1cc(Br)c(CC(=O)N[C@H](C)c2ccc(-n3ccnc3)cc2)cc1OC. The molecule has 0 aliphatic rings. The van der Waals surface area contributed by atoms with Gasteiger partial charge in [0.1, 0.15) is 0 Å². The number of amides is 1. The molecule has 0 aliphatic carbocycles. The van der Waals surface area contributed by atoms with Crippen LogP contribution in [0.15, 0.2) is 59.6 Å². The van der Waals surface area contributed by atoms with Gasteiger partial charge in [0.25, 0.3) is 0 Å². The molecule has 146 valence electrons. The van der Waals surface area contributed by atoms with Gasteiger partial charge in [-0.15, -0.1) is 0 Å². The number of halogens is 1. The van der Waals surface area contributed by atoms with Crippen LogP contribution >= 0.6 is 15.9 Å². The molecule has 0 fully saturated rings. The van der Waals surface area contributed by atoms with E-state index in [2.05, 4.69) is 26.2 Å². The summed E-state index contributed by atoms with van der Waals surface area (Å²) in [5.41, 5.74) is 2.88. The lowest BCUT2D eigenvalue weighted by Gasteiger charge is -2.16. The quantitative estimate of drug-likeness (QED) is 0.597. The molecule has 7 heteroatoms. The number of methoxy groups -OCH3 is 2. The fourth-order valence-corrected chi connectivity index (χ4v) is 3.39. The van der Waals surface area contributed by atoms with E-state index in [0.29, 0.717) is 11.5 Å². The molecule has 2 aromatic carbocycles. The molecule has 0 radical (unpaired) electrons. The van der Waals surface area contributed by atoms with Crippen molar-refractivity contribution >= 4 is 21.8 Å². The first kappa shape index (κ1) is 19.9. The molecule has 1 amide bonds. The normalized spacial score (nSPS) is 11.7. The molecule has 28 heavy (non-hydrogen) atoms. The molecular formula is C21H22BrN3O3. The zero-order valence-electron chi connectivity index (χ0n) is 16.0. The van der Waals surface area contributed by atoms with Crippen LogP contribution < -0.4 is 14.8 Å². The number of nitrogens with one attached hydrogen (secondary N) is 1. The highest BCUT2D eigenvalue weighted by molar-refractivity contribution is 9.10. The second-order valence-corrected chi connectivity index (χ2v) is 7.18. The largest absolute Gasteiger partial charge is 0.493 e. The van der Waals surface area contributed by atoms with Gasteiger partial charge in [-0.2, -0.15) is 0 Å². The van der Waals surface area contributed by atoms with Gasteiger partial charge in [-0.3, -0.25) is 4.79 Å². The Hall–Kier alpha value is -2.80. The Kier molecular flexibility index (Phi) is 6.36. The van der Waals surface area contributed by atoms with Gasteiger partial charge in [0, 0.05) is 22.6 Å². The molecule has 0 aliphatic heterocycles. The van der Waals surface area contributed by atoms with E-state index in [1.54, 1.807) is 32.8 Å². The maximum absolute atomic E-state index is 12.5. The van der Waals surface area contributed by atoms with E-state index >= 15 is 0 Å². The molecular weight excluding hydrogens is 422 g/mol. The zero-order valence-corrected chi connectivity index (χ0v) is 17.6. The molecule has 1 N–H and O–H groups in total. The maximum Gasteiger partial charge on any atom is 0.224 e. The molecule has 6 nitrogen and oxygen atoms in total. The van der Waals surface area contributed by atoms with Gasteiger partial charge in [0.2, 0.25) is 5.91 Å². The molecule has 1 heterocycles. The number of carbonyl (C=O) groups excluding carboxylic acids is 1. The predicted octanol–water partition coefficient (Wildman–Crippen LogP) is 4.07. The van der Waals surface area contributed by atoms with Crippen LogP contribution in [-0.4, -0.2) is 29.7 Å². The van der Waals surface area contributed by atoms with Crippen molar-refractivity contribution < 1.29 is 14.3 Å². The molecule has 0 saturated heterocycles. The summed E-state index contributed by atoms with van der Waals surface area (Å²) in [4.78, 5) is 16.6. The fraction of sp³-hybridized carbons (Fsp3) is 0.238. The molecule has 1 aromatic heterocycles. The van der Waals surface area contributed by atoms with Crippen molar-refractivity contribution in [1.29, 1.82) is 0 Å². The first-order chi connectivity index (χ1) is 13.5. The lowest BCUT2D eigenvalue weighted by Crippen LogP contribution is -2.28. The number of aromatic nitrogens is 2. The molecule has 0 bridgehead atoms. The van der Waals surface area contributed by atoms with Crippen LogP contribution in [0.3, 0.4) is 0 Å². The van der Waals surface area contributed by atoms with Crippen LogP contribution in [0, 0.1) is 0 Å². The topological polar surface area (TPSA) is 65.4 Å². The first-order valence-electron chi connectivity index (χ1n) is 8.80. The van der Waals surface area contributed by atoms with Crippen molar-refractivity contribution in [3.05, 3.63) is 70.7 Å². The average Bonchev–Trinajstić information content (AvgIpc) is 3.24. The third-order valence-electron chi connectivity index (χ3n) is 4.48. The van der Waals surface area contributed by atoms with Crippen molar-refractivity contribution in [2.24, 2.45) is 0 Å². The monoisotopic (exact) mass is 443 g/mol. The third-order valence-corrected chi connectivity index (χ3v) is 5.21. The van der Waals surface area contributed by atoms with E-state index in [1.807, 2.05) is 48.0 Å². The van der Waals surface area contributed by atoms with Crippen molar-refractivity contribution in [2.45, 2.75) is 19.4 Å². The summed E-state index contributed by atoms with van der Waals surface area (Å²) in [6.45, 7) is 1.97. The summed E-state index contributed by atoms with van der Waals surface area (Å²) >= 11 is 3.49. The van der Waals surface area contributed by atoms with Gasteiger partial charge in [-0.1, -0.05) is 28.1 Å². The number of nitrogens with zero attached hydrogens (tertiary/aromatic N) is 2. The number of hydrogen-bond donors (Lipinski definition) is 1. The summed E-state index contributed by atoms with van der Waals surface area (Å²) in [5, 5.41) is 3.04. The van der Waals surface area contributed by atoms with Crippen LogP contribution in [0.2, 0.25) is 0 Å². The van der Waals surface area contributed by atoms with Crippen molar-refractivity contribution in [1.82, 2.24) is 14.9 Å². The lowest BCUT2D eigenvalue weighted by molar-refractivity contribution is -0.121. The van der Waals surface area contributed by atoms with Crippen LogP contribution in [0.4, 0.5) is 0 Å². The summed E-state index contributed by atoms with van der Waals surface area (Å²) in [6.07, 6.45) is 5.61. The smallest absolute Gasteiger partial charge is 0.224 e. The Morgan fingerprint density at radius 2 is 1.86 bits per heavy atom. The molecule has 3 rings (SSSR count). The number of hydrogen-bond acceptors (Lipinski definition) is 4. The van der Waals surface area contributed by atoms with Gasteiger partial charge in [-0.25, -0.2) is 4.98 Å². The molecule has 0 saturated carbocycles. The van der Waals surface area contributed by atoms with Crippen LogP contribution in [0.1, 0.15) is 24.1 Å². The van der Waals surface area contributed by atoms with Gasteiger partial charge in [0.15, 0.2) is 11.5 Å². The van der Waals surface area contributed by atoms with Gasteiger partial charge >= 0.3 is 0 Å². The Morgan fingerprint density at radius 3 is 2.46 bits per heavy atom. The first-order valence-corrected chi connectivity index (χ1v) is 9.59. The van der Waals surface area contributed by atoms with Gasteiger partial charge in [0.05, 0.1) is 33.0 Å². The van der Waals surface area contributed by atoms with E-state index in [4.69, 9.17) is 9.47 Å². The Balaban J connectivity index is 1.66. The van der Waals surface area contributed by atoms with Crippen LogP contribution in [0.25, 0.3) is 5.69 Å². The van der Waals surface area contributed by atoms with Crippen molar-refractivity contribution in [3.8, 4) is 17.2 Å². The Labute approximate surface area is 172 Å². The van der Waals surface area contributed by atoms with E-state index in [-0.39, 0.29) is 18.4 Å². The van der Waals surface area contributed by atoms with Crippen molar-refractivity contribution in [2.75, 3.05) is 14.2 Å². The van der Waals surface area contributed by atoms with Crippen LogP contribution in [0.5, 0.6) is 11.5 Å². The lowest BCUT2D eigenvalue weighted by atomic mass is 10.1. The highest BCUT2D eigenvalue weighted by Gasteiger charge is 2.15. The van der Waals surface area contributed by atoms with E-state index in [1.165, 1.54) is 0 Å². The summed E-state index contributed by atoms with van der Waals surface area (Å²) in [5.74, 6) is 1.14. The van der Waals surface area contributed by atoms with E-state index in [9.17, 15) is 4.79 Å². The summed E-state index contributed by atoms with van der Waals surface area (Å²) < 4.78 is 13.3. The fourth-order valence-electron chi connectivity index (χ4n) is 2.93. The zero-order chi connectivity index (χ0) is 20.1. The van der Waals surface area contributed by atoms with E-state index < -0.39 is 0 Å². The summed E-state index contributed by atoms with van der Waals surface area (Å²) in [7, 11) is 3.15. The molecule has 3 aromatic rings. The number of benzene rings is 2. The van der Waals surface area contributed by atoms with Crippen LogP contribution in [-0.2, 0) is 11.2 Å². The second-order valence-electron chi connectivity index (χ2n) is 6.33. The highest BCUT2D eigenvalue weighted by atomic mass is 79.9. The minimum atomic E-state index is -0.108. The Morgan fingerprint density at radius 1 is 1.18 bits per heavy atom. The minimum absolute atomic E-state index is 0.0703. The molecule has 0 unspecified atom stereocenters. The summed E-state index contributed by atoms with van der Waals surface area (Å²) in [6, 6.07) is 11.5. The number of ether oxygens (including phenoxy) is 2. The number of imidazole rings is 1. The third kappa shape index (κ3) is 4.54. The number of rotatable bonds is 7.